The molecule has 4 fully saturated rings. The monoisotopic (exact) mass is 309 g/mol. The van der Waals surface area contributed by atoms with Gasteiger partial charge in [-0.1, -0.05) is 0 Å². The van der Waals surface area contributed by atoms with E-state index in [1.807, 2.05) is 14.0 Å². The lowest BCUT2D eigenvalue weighted by atomic mass is 9.53. The number of imidazole rings is 1. The number of aromatic nitrogens is 2. The fourth-order valence-electron chi connectivity index (χ4n) is 5.23. The van der Waals surface area contributed by atoms with Crippen LogP contribution in [0.15, 0.2) is 11.2 Å². The third-order valence-electron chi connectivity index (χ3n) is 5.75. The number of sulfonamides is 1. The standard InChI is InChI=1S/C15H23N3O2S/c1-10-16-14(9-18(10)2)21(19,20)17-15-6-11-3-12(7-15)5-13(4-11)8-15/h9,11-13,17H,3-8H2,1-2H3. The molecule has 4 aliphatic rings. The van der Waals surface area contributed by atoms with Gasteiger partial charge in [-0.25, -0.2) is 18.1 Å². The molecule has 4 aliphatic carbocycles. The van der Waals surface area contributed by atoms with Crippen LogP contribution in [-0.2, 0) is 17.1 Å². The average molecular weight is 309 g/mol. The van der Waals surface area contributed by atoms with Crippen LogP contribution in [0.1, 0.15) is 44.3 Å². The highest BCUT2D eigenvalue weighted by molar-refractivity contribution is 7.89. The molecule has 0 atom stereocenters. The maximum atomic E-state index is 12.7. The quantitative estimate of drug-likeness (QED) is 0.928. The fraction of sp³-hybridized carbons (Fsp3) is 0.800. The Hall–Kier alpha value is -0.880. The highest BCUT2D eigenvalue weighted by Crippen LogP contribution is 2.55. The molecular formula is C15H23N3O2S. The summed E-state index contributed by atoms with van der Waals surface area (Å²) in [6, 6.07) is 0. The molecule has 1 aromatic rings. The van der Waals surface area contributed by atoms with Crippen molar-refractivity contribution >= 4 is 10.0 Å². The lowest BCUT2D eigenvalue weighted by molar-refractivity contribution is -0.00813. The Labute approximate surface area is 126 Å². The van der Waals surface area contributed by atoms with Gasteiger partial charge in [0.2, 0.25) is 0 Å². The number of rotatable bonds is 3. The first-order valence-corrected chi connectivity index (χ1v) is 9.37. The molecule has 0 saturated heterocycles. The molecule has 0 amide bonds. The van der Waals surface area contributed by atoms with Crippen molar-refractivity contribution in [2.24, 2.45) is 24.8 Å². The van der Waals surface area contributed by atoms with Gasteiger partial charge in [-0.15, -0.1) is 0 Å². The second kappa shape index (κ2) is 4.32. The van der Waals surface area contributed by atoms with Crippen LogP contribution in [0.2, 0.25) is 0 Å². The Morgan fingerprint density at radius 3 is 2.14 bits per heavy atom. The number of hydrogen-bond acceptors (Lipinski definition) is 3. The maximum Gasteiger partial charge on any atom is 0.260 e. The topological polar surface area (TPSA) is 64.0 Å². The molecule has 4 bridgehead atoms. The molecule has 6 heteroatoms. The van der Waals surface area contributed by atoms with Crippen molar-refractivity contribution < 1.29 is 8.42 Å². The molecule has 116 valence electrons. The van der Waals surface area contributed by atoms with Crippen molar-refractivity contribution in [3.05, 3.63) is 12.0 Å². The van der Waals surface area contributed by atoms with Gasteiger partial charge in [0.1, 0.15) is 5.82 Å². The molecule has 4 saturated carbocycles. The molecular weight excluding hydrogens is 286 g/mol. The van der Waals surface area contributed by atoms with Crippen LogP contribution >= 0.6 is 0 Å². The van der Waals surface area contributed by atoms with Crippen LogP contribution in [0.4, 0.5) is 0 Å². The fourth-order valence-corrected chi connectivity index (χ4v) is 6.70. The van der Waals surface area contributed by atoms with E-state index in [0.717, 1.165) is 42.8 Å². The summed E-state index contributed by atoms with van der Waals surface area (Å²) in [5, 5.41) is 0.165. The molecule has 0 aromatic carbocycles. The van der Waals surface area contributed by atoms with E-state index in [1.54, 1.807) is 10.8 Å². The zero-order chi connectivity index (χ0) is 14.8. The Morgan fingerprint density at radius 1 is 1.19 bits per heavy atom. The number of nitrogens with zero attached hydrogens (tertiary/aromatic N) is 2. The smallest absolute Gasteiger partial charge is 0.260 e. The summed E-state index contributed by atoms with van der Waals surface area (Å²) >= 11 is 0. The van der Waals surface area contributed by atoms with Crippen LogP contribution < -0.4 is 4.72 Å². The molecule has 1 heterocycles. The number of nitrogens with one attached hydrogen (secondary N) is 1. The second-order valence-electron chi connectivity index (χ2n) is 7.54. The van der Waals surface area contributed by atoms with Crippen LogP contribution in [0, 0.1) is 24.7 Å². The normalized spacial score (nSPS) is 38.1. The van der Waals surface area contributed by atoms with Gasteiger partial charge < -0.3 is 4.57 Å². The van der Waals surface area contributed by atoms with Crippen molar-refractivity contribution in [1.29, 1.82) is 0 Å². The molecule has 5 rings (SSSR count). The van der Waals surface area contributed by atoms with E-state index in [4.69, 9.17) is 0 Å². The van der Waals surface area contributed by atoms with Crippen LogP contribution in [0.25, 0.3) is 0 Å². The van der Waals surface area contributed by atoms with Crippen molar-refractivity contribution in [2.45, 2.75) is 56.0 Å². The Bertz CT molecular complexity index is 622. The Balaban J connectivity index is 1.63. The predicted octanol–water partition coefficient (Wildman–Crippen LogP) is 1.98. The lowest BCUT2D eigenvalue weighted by Crippen LogP contribution is -2.59. The highest BCUT2D eigenvalue weighted by Gasteiger charge is 2.52. The van der Waals surface area contributed by atoms with E-state index in [0.29, 0.717) is 0 Å². The largest absolute Gasteiger partial charge is 0.337 e. The van der Waals surface area contributed by atoms with E-state index < -0.39 is 10.0 Å². The molecule has 1 aromatic heterocycles. The summed E-state index contributed by atoms with van der Waals surface area (Å²) in [4.78, 5) is 4.19. The summed E-state index contributed by atoms with van der Waals surface area (Å²) in [5.41, 5.74) is -0.195. The van der Waals surface area contributed by atoms with Gasteiger partial charge in [0.15, 0.2) is 5.03 Å². The van der Waals surface area contributed by atoms with E-state index in [9.17, 15) is 8.42 Å². The van der Waals surface area contributed by atoms with E-state index in [2.05, 4.69) is 9.71 Å². The van der Waals surface area contributed by atoms with Gasteiger partial charge in [0.25, 0.3) is 10.0 Å². The SMILES string of the molecule is Cc1nc(S(=O)(=O)NC23CC4CC(CC(C4)C2)C3)cn1C. The first-order valence-electron chi connectivity index (χ1n) is 7.89. The molecule has 1 N–H and O–H groups in total. The number of hydrogen-bond donors (Lipinski definition) is 1. The van der Waals surface area contributed by atoms with Crippen molar-refractivity contribution in [3.8, 4) is 0 Å². The van der Waals surface area contributed by atoms with Gasteiger partial charge in [-0.3, -0.25) is 0 Å². The summed E-state index contributed by atoms with van der Waals surface area (Å²) in [7, 11) is -1.68. The number of aryl methyl sites for hydroxylation is 2. The third kappa shape index (κ3) is 2.23. The lowest BCUT2D eigenvalue weighted by Gasteiger charge is -2.56. The van der Waals surface area contributed by atoms with Crippen LogP contribution in [0.5, 0.6) is 0 Å². The first-order chi connectivity index (χ1) is 9.85. The second-order valence-corrected chi connectivity index (χ2v) is 9.17. The van der Waals surface area contributed by atoms with Crippen molar-refractivity contribution in [2.75, 3.05) is 0 Å². The maximum absolute atomic E-state index is 12.7. The van der Waals surface area contributed by atoms with E-state index in [1.165, 1.54) is 19.3 Å². The summed E-state index contributed by atoms with van der Waals surface area (Å²) in [6.07, 6.45) is 8.59. The third-order valence-corrected chi connectivity index (χ3v) is 7.20. The van der Waals surface area contributed by atoms with Gasteiger partial charge in [0, 0.05) is 18.8 Å². The predicted molar refractivity (Wildman–Crippen MR) is 79.2 cm³/mol. The molecule has 21 heavy (non-hydrogen) atoms. The molecule has 0 spiro atoms. The summed E-state index contributed by atoms with van der Waals surface area (Å²) < 4.78 is 30.2. The van der Waals surface area contributed by atoms with Gasteiger partial charge >= 0.3 is 0 Å². The molecule has 0 aliphatic heterocycles. The van der Waals surface area contributed by atoms with Gasteiger partial charge in [-0.2, -0.15) is 0 Å². The van der Waals surface area contributed by atoms with Crippen LogP contribution in [0.3, 0.4) is 0 Å². The summed E-state index contributed by atoms with van der Waals surface area (Å²) in [5.74, 6) is 2.90. The first kappa shape index (κ1) is 13.8. The average Bonchev–Trinajstić information content (AvgIpc) is 2.67. The minimum atomic E-state index is -3.51. The minimum Gasteiger partial charge on any atom is -0.337 e. The molecule has 0 unspecified atom stereocenters. The Kier molecular flexibility index (Phi) is 2.83. The molecule has 5 nitrogen and oxygen atoms in total. The molecule has 0 radical (unpaired) electrons. The van der Waals surface area contributed by atoms with Crippen molar-refractivity contribution in [1.82, 2.24) is 14.3 Å². The minimum absolute atomic E-state index is 0.165. The van der Waals surface area contributed by atoms with Crippen LogP contribution in [-0.4, -0.2) is 23.5 Å². The summed E-state index contributed by atoms with van der Waals surface area (Å²) in [6.45, 7) is 1.82. The van der Waals surface area contributed by atoms with Gasteiger partial charge in [-0.05, 0) is 63.2 Å². The van der Waals surface area contributed by atoms with E-state index in [-0.39, 0.29) is 10.6 Å². The zero-order valence-corrected chi connectivity index (χ0v) is 13.5. The highest BCUT2D eigenvalue weighted by atomic mass is 32.2. The van der Waals surface area contributed by atoms with E-state index >= 15 is 0 Å². The Morgan fingerprint density at radius 2 is 1.71 bits per heavy atom. The van der Waals surface area contributed by atoms with Crippen molar-refractivity contribution in [3.63, 3.8) is 0 Å². The van der Waals surface area contributed by atoms with Gasteiger partial charge in [0.05, 0.1) is 0 Å². The zero-order valence-electron chi connectivity index (χ0n) is 12.7.